The number of benzene rings is 1. The minimum absolute atomic E-state index is 0.210. The van der Waals surface area contributed by atoms with Crippen molar-refractivity contribution in [1.82, 2.24) is 9.97 Å². The lowest BCUT2D eigenvalue weighted by molar-refractivity contribution is 0.102. The predicted octanol–water partition coefficient (Wildman–Crippen LogP) is 2.18. The molecular weight excluding hydrogens is 254 g/mol. The molecular formula is C15H11N3O2. The van der Waals surface area contributed by atoms with Gasteiger partial charge in [-0.15, -0.1) is 0 Å². The van der Waals surface area contributed by atoms with E-state index in [4.69, 9.17) is 0 Å². The van der Waals surface area contributed by atoms with E-state index < -0.39 is 0 Å². The predicted molar refractivity (Wildman–Crippen MR) is 76.8 cm³/mol. The molecule has 1 aromatic carbocycles. The fourth-order valence-corrected chi connectivity index (χ4v) is 2.03. The first-order valence-electron chi connectivity index (χ1n) is 6.07. The molecule has 3 rings (SSSR count). The molecule has 5 nitrogen and oxygen atoms in total. The molecule has 2 aromatic heterocycles. The molecule has 0 saturated heterocycles. The summed E-state index contributed by atoms with van der Waals surface area (Å²) in [6.07, 6.45) is 4.62. The van der Waals surface area contributed by atoms with Crippen LogP contribution in [0.5, 0.6) is 0 Å². The maximum absolute atomic E-state index is 12.3. The summed E-state index contributed by atoms with van der Waals surface area (Å²) in [4.78, 5) is 30.5. The zero-order valence-corrected chi connectivity index (χ0v) is 10.5. The third kappa shape index (κ3) is 2.16. The van der Waals surface area contributed by atoms with Crippen LogP contribution in [0.4, 0.5) is 5.69 Å². The van der Waals surface area contributed by atoms with E-state index in [0.717, 1.165) is 0 Å². The van der Waals surface area contributed by atoms with Gasteiger partial charge in [0.05, 0.1) is 17.4 Å². The Hall–Kier alpha value is -2.95. The molecule has 5 heteroatoms. The van der Waals surface area contributed by atoms with Crippen molar-refractivity contribution in [3.8, 4) is 0 Å². The number of carbonyl (C=O) groups is 1. The van der Waals surface area contributed by atoms with Gasteiger partial charge in [-0.1, -0.05) is 18.2 Å². The topological polar surface area (TPSA) is 74.8 Å². The van der Waals surface area contributed by atoms with E-state index in [9.17, 15) is 9.59 Å². The van der Waals surface area contributed by atoms with Crippen LogP contribution in [0.3, 0.4) is 0 Å². The van der Waals surface area contributed by atoms with Gasteiger partial charge in [-0.2, -0.15) is 0 Å². The Morgan fingerprint density at radius 1 is 1.10 bits per heavy atom. The minimum atomic E-state index is -0.287. The fraction of sp³-hybridized carbons (Fsp3) is 0. The Morgan fingerprint density at radius 3 is 2.65 bits per heavy atom. The molecule has 0 unspecified atom stereocenters. The van der Waals surface area contributed by atoms with Crippen molar-refractivity contribution in [3.63, 3.8) is 0 Å². The number of rotatable bonds is 2. The summed E-state index contributed by atoms with van der Waals surface area (Å²) in [5, 5.41) is 3.86. The lowest BCUT2D eigenvalue weighted by Crippen LogP contribution is -2.16. The first kappa shape index (κ1) is 12.1. The van der Waals surface area contributed by atoms with Gasteiger partial charge in [0.25, 0.3) is 11.5 Å². The zero-order valence-electron chi connectivity index (χ0n) is 10.5. The number of hydrogen-bond acceptors (Lipinski definition) is 3. The van der Waals surface area contributed by atoms with Crippen LogP contribution in [0.2, 0.25) is 0 Å². The Labute approximate surface area is 114 Å². The lowest BCUT2D eigenvalue weighted by atomic mass is 10.1. The van der Waals surface area contributed by atoms with Gasteiger partial charge in [-0.3, -0.25) is 14.6 Å². The highest BCUT2D eigenvalue weighted by Crippen LogP contribution is 2.15. The van der Waals surface area contributed by atoms with E-state index in [-0.39, 0.29) is 11.5 Å². The van der Waals surface area contributed by atoms with Crippen molar-refractivity contribution in [2.45, 2.75) is 0 Å². The molecule has 0 radical (unpaired) electrons. The van der Waals surface area contributed by atoms with Gasteiger partial charge >= 0.3 is 0 Å². The number of aromatic amines is 1. The van der Waals surface area contributed by atoms with Crippen molar-refractivity contribution in [1.29, 1.82) is 0 Å². The van der Waals surface area contributed by atoms with Gasteiger partial charge in [0, 0.05) is 23.2 Å². The van der Waals surface area contributed by atoms with Gasteiger partial charge in [0.2, 0.25) is 0 Å². The molecule has 1 amide bonds. The molecule has 0 aliphatic rings. The van der Waals surface area contributed by atoms with Crippen molar-refractivity contribution < 1.29 is 4.79 Å². The monoisotopic (exact) mass is 265 g/mol. The van der Waals surface area contributed by atoms with Crippen LogP contribution >= 0.6 is 0 Å². The van der Waals surface area contributed by atoms with Crippen LogP contribution in [-0.2, 0) is 0 Å². The molecule has 0 saturated carbocycles. The Balaban J connectivity index is 2.04. The second-order valence-corrected chi connectivity index (χ2v) is 4.27. The molecule has 2 heterocycles. The van der Waals surface area contributed by atoms with Crippen LogP contribution in [-0.4, -0.2) is 15.9 Å². The first-order valence-corrected chi connectivity index (χ1v) is 6.07. The molecule has 0 fully saturated rings. The van der Waals surface area contributed by atoms with E-state index in [1.807, 2.05) is 0 Å². The molecule has 0 atom stereocenters. The Kier molecular flexibility index (Phi) is 3.01. The molecule has 0 aliphatic carbocycles. The summed E-state index contributed by atoms with van der Waals surface area (Å²) in [5.74, 6) is -0.287. The van der Waals surface area contributed by atoms with Crippen LogP contribution < -0.4 is 10.9 Å². The van der Waals surface area contributed by atoms with Crippen LogP contribution in [0, 0.1) is 0 Å². The number of H-pyrrole nitrogens is 1. The number of nitrogens with one attached hydrogen (secondary N) is 2. The number of carbonyl (C=O) groups excluding carboxylic acids is 1. The largest absolute Gasteiger partial charge is 0.328 e. The second kappa shape index (κ2) is 4.97. The maximum Gasteiger partial charge on any atom is 0.257 e. The van der Waals surface area contributed by atoms with Crippen LogP contribution in [0.15, 0.2) is 59.8 Å². The lowest BCUT2D eigenvalue weighted by Gasteiger charge is -2.07. The SMILES string of the molecule is O=C(Nc1cccnc1)c1c[nH]c(=O)c2ccccc12. The Bertz CT molecular complexity index is 825. The first-order chi connectivity index (χ1) is 9.75. The molecule has 98 valence electrons. The van der Waals surface area contributed by atoms with Crippen LogP contribution in [0.25, 0.3) is 10.8 Å². The average molecular weight is 265 g/mol. The fourth-order valence-electron chi connectivity index (χ4n) is 2.03. The van der Waals surface area contributed by atoms with Gasteiger partial charge < -0.3 is 10.3 Å². The number of nitrogens with zero attached hydrogens (tertiary/aromatic N) is 1. The minimum Gasteiger partial charge on any atom is -0.328 e. The van der Waals surface area contributed by atoms with E-state index in [0.29, 0.717) is 22.0 Å². The summed E-state index contributed by atoms with van der Waals surface area (Å²) >= 11 is 0. The van der Waals surface area contributed by atoms with Crippen molar-refractivity contribution in [2.24, 2.45) is 0 Å². The highest BCUT2D eigenvalue weighted by atomic mass is 16.1. The Morgan fingerprint density at radius 2 is 1.90 bits per heavy atom. The average Bonchev–Trinajstić information content (AvgIpc) is 2.49. The van der Waals surface area contributed by atoms with Gasteiger partial charge in [0.15, 0.2) is 0 Å². The smallest absolute Gasteiger partial charge is 0.257 e. The number of fused-ring (bicyclic) bond motifs is 1. The third-order valence-electron chi connectivity index (χ3n) is 2.97. The van der Waals surface area contributed by atoms with Gasteiger partial charge in [-0.25, -0.2) is 0 Å². The van der Waals surface area contributed by atoms with E-state index in [2.05, 4.69) is 15.3 Å². The molecule has 20 heavy (non-hydrogen) atoms. The van der Waals surface area contributed by atoms with Crippen LogP contribution in [0.1, 0.15) is 10.4 Å². The molecule has 0 bridgehead atoms. The summed E-state index contributed by atoms with van der Waals surface area (Å²) in [6.45, 7) is 0. The molecule has 0 spiro atoms. The number of aromatic nitrogens is 2. The summed E-state index contributed by atoms with van der Waals surface area (Å²) in [5.41, 5.74) is 0.815. The quantitative estimate of drug-likeness (QED) is 0.745. The van der Waals surface area contributed by atoms with Crippen molar-refractivity contribution >= 4 is 22.4 Å². The second-order valence-electron chi connectivity index (χ2n) is 4.27. The van der Waals surface area contributed by atoms with Gasteiger partial charge in [0.1, 0.15) is 0 Å². The molecule has 0 aliphatic heterocycles. The van der Waals surface area contributed by atoms with E-state index in [1.54, 1.807) is 48.8 Å². The zero-order chi connectivity index (χ0) is 13.9. The normalized spacial score (nSPS) is 10.4. The van der Waals surface area contributed by atoms with Crippen molar-refractivity contribution in [2.75, 3.05) is 5.32 Å². The molecule has 3 aromatic rings. The number of amides is 1. The van der Waals surface area contributed by atoms with E-state index >= 15 is 0 Å². The van der Waals surface area contributed by atoms with Crippen molar-refractivity contribution in [3.05, 3.63) is 70.9 Å². The third-order valence-corrected chi connectivity index (χ3v) is 2.97. The molecule has 2 N–H and O–H groups in total. The number of pyridine rings is 2. The maximum atomic E-state index is 12.3. The standard InChI is InChI=1S/C15H11N3O2/c19-14-12-6-2-1-5-11(12)13(9-17-14)15(20)18-10-4-3-7-16-8-10/h1-9H,(H,17,19)(H,18,20). The summed E-state index contributed by atoms with van der Waals surface area (Å²) in [6, 6.07) is 10.5. The highest BCUT2D eigenvalue weighted by molar-refractivity contribution is 6.12. The number of hydrogen-bond donors (Lipinski definition) is 2. The van der Waals surface area contributed by atoms with Gasteiger partial charge in [-0.05, 0) is 18.2 Å². The van der Waals surface area contributed by atoms with E-state index in [1.165, 1.54) is 6.20 Å². The summed E-state index contributed by atoms with van der Waals surface area (Å²) in [7, 11) is 0. The highest BCUT2D eigenvalue weighted by Gasteiger charge is 2.11. The summed E-state index contributed by atoms with van der Waals surface area (Å²) < 4.78 is 0. The number of anilines is 1.